The van der Waals surface area contributed by atoms with E-state index in [-0.39, 0.29) is 11.9 Å². The van der Waals surface area contributed by atoms with E-state index in [0.717, 1.165) is 54.6 Å². The molecule has 6 nitrogen and oxygen atoms in total. The van der Waals surface area contributed by atoms with Crippen molar-refractivity contribution in [2.45, 2.75) is 26.8 Å². The highest BCUT2D eigenvalue weighted by atomic mass is 32.1. The van der Waals surface area contributed by atoms with Crippen LogP contribution in [-0.2, 0) is 0 Å². The van der Waals surface area contributed by atoms with Gasteiger partial charge in [-0.15, -0.1) is 22.7 Å². The molecule has 34 heavy (non-hydrogen) atoms. The molecule has 4 rings (SSSR count). The number of likely N-dealkylation sites (N-methyl/N-ethyl adjacent to an activating group) is 1. The van der Waals surface area contributed by atoms with E-state index >= 15 is 0 Å². The van der Waals surface area contributed by atoms with E-state index in [2.05, 4.69) is 42.0 Å². The number of nitrogens with zero attached hydrogens (tertiary/aromatic N) is 2. The average molecular weight is 500 g/mol. The van der Waals surface area contributed by atoms with Gasteiger partial charge >= 0.3 is 0 Å². The Morgan fingerprint density at radius 1 is 1.09 bits per heavy atom. The number of carbonyl (C=O) groups is 1. The largest absolute Gasteiger partial charge is 0.493 e. The van der Waals surface area contributed by atoms with E-state index in [4.69, 9.17) is 9.47 Å². The number of hydrogen-bond donors (Lipinski definition) is 1. The summed E-state index contributed by atoms with van der Waals surface area (Å²) in [6, 6.07) is 9.77. The van der Waals surface area contributed by atoms with Gasteiger partial charge in [-0.3, -0.25) is 9.69 Å². The summed E-state index contributed by atoms with van der Waals surface area (Å²) in [6.07, 6.45) is 0. The van der Waals surface area contributed by atoms with Crippen LogP contribution in [0.2, 0.25) is 0 Å². The number of rotatable bonds is 8. The summed E-state index contributed by atoms with van der Waals surface area (Å²) in [5.74, 6) is 1.39. The lowest BCUT2D eigenvalue weighted by atomic mass is 9.93. The molecule has 182 valence electrons. The summed E-state index contributed by atoms with van der Waals surface area (Å²) in [6.45, 7) is 11.4. The molecule has 1 aliphatic heterocycles. The van der Waals surface area contributed by atoms with E-state index in [1.807, 2.05) is 29.6 Å². The Morgan fingerprint density at radius 3 is 2.47 bits per heavy atom. The van der Waals surface area contributed by atoms with Gasteiger partial charge in [0.2, 0.25) is 0 Å². The summed E-state index contributed by atoms with van der Waals surface area (Å²) in [7, 11) is 3.36. The van der Waals surface area contributed by atoms with Gasteiger partial charge in [-0.1, -0.05) is 25.1 Å². The minimum Gasteiger partial charge on any atom is -0.493 e. The summed E-state index contributed by atoms with van der Waals surface area (Å²) in [5.41, 5.74) is 3.41. The fourth-order valence-corrected chi connectivity index (χ4v) is 6.35. The number of methoxy groups -OCH3 is 2. The smallest absolute Gasteiger partial charge is 0.266 e. The minimum atomic E-state index is -0.0651. The molecule has 0 saturated carbocycles. The number of hydrogen-bond acceptors (Lipinski definition) is 7. The van der Waals surface area contributed by atoms with Crippen molar-refractivity contribution in [1.82, 2.24) is 9.80 Å². The van der Waals surface area contributed by atoms with Crippen molar-refractivity contribution in [3.63, 3.8) is 0 Å². The Morgan fingerprint density at radius 2 is 1.85 bits per heavy atom. The molecule has 0 spiro atoms. The highest BCUT2D eigenvalue weighted by Gasteiger charge is 2.34. The predicted octanol–water partition coefficient (Wildman–Crippen LogP) is 5.42. The van der Waals surface area contributed by atoms with Crippen LogP contribution in [0.4, 0.5) is 5.00 Å². The average Bonchev–Trinajstić information content (AvgIpc) is 3.49. The Balaban J connectivity index is 1.83. The van der Waals surface area contributed by atoms with Gasteiger partial charge in [0.15, 0.2) is 11.5 Å². The molecule has 1 atom stereocenters. The summed E-state index contributed by atoms with van der Waals surface area (Å²) in [4.78, 5) is 19.9. The Labute approximate surface area is 210 Å². The second-order valence-corrected chi connectivity index (χ2v) is 10.6. The zero-order valence-corrected chi connectivity index (χ0v) is 22.1. The number of amides is 1. The first kappa shape index (κ1) is 24.7. The third-order valence-corrected chi connectivity index (χ3v) is 8.63. The van der Waals surface area contributed by atoms with Gasteiger partial charge in [0.1, 0.15) is 5.00 Å². The van der Waals surface area contributed by atoms with Crippen LogP contribution >= 0.6 is 22.7 Å². The van der Waals surface area contributed by atoms with Crippen molar-refractivity contribution in [3.8, 4) is 11.5 Å². The summed E-state index contributed by atoms with van der Waals surface area (Å²) >= 11 is 3.10. The van der Waals surface area contributed by atoms with Crippen LogP contribution in [0.5, 0.6) is 11.5 Å². The second-order valence-electron chi connectivity index (χ2n) is 8.41. The van der Waals surface area contributed by atoms with Crippen molar-refractivity contribution in [2.24, 2.45) is 0 Å². The third-order valence-electron chi connectivity index (χ3n) is 6.62. The topological polar surface area (TPSA) is 54.0 Å². The highest BCUT2D eigenvalue weighted by molar-refractivity contribution is 7.17. The van der Waals surface area contributed by atoms with Gasteiger partial charge in [0.05, 0.1) is 25.1 Å². The van der Waals surface area contributed by atoms with Crippen LogP contribution in [0.1, 0.15) is 44.2 Å². The lowest BCUT2D eigenvalue weighted by molar-refractivity contribution is 0.102. The molecule has 1 saturated heterocycles. The Kier molecular flexibility index (Phi) is 7.93. The van der Waals surface area contributed by atoms with Crippen molar-refractivity contribution < 1.29 is 14.3 Å². The van der Waals surface area contributed by atoms with Crippen molar-refractivity contribution >= 4 is 33.6 Å². The molecule has 3 heterocycles. The minimum absolute atomic E-state index is 0.0624. The quantitative estimate of drug-likeness (QED) is 0.448. The molecule has 1 N–H and O–H groups in total. The lowest BCUT2D eigenvalue weighted by Crippen LogP contribution is -2.47. The van der Waals surface area contributed by atoms with E-state index in [9.17, 15) is 4.79 Å². The van der Waals surface area contributed by atoms with E-state index < -0.39 is 0 Å². The molecule has 0 radical (unpaired) electrons. The van der Waals surface area contributed by atoms with Crippen molar-refractivity contribution in [3.05, 3.63) is 62.2 Å². The van der Waals surface area contributed by atoms with Gasteiger partial charge < -0.3 is 19.7 Å². The van der Waals surface area contributed by atoms with Gasteiger partial charge in [-0.25, -0.2) is 0 Å². The van der Waals surface area contributed by atoms with Gasteiger partial charge in [-0.05, 0) is 43.5 Å². The van der Waals surface area contributed by atoms with Crippen LogP contribution < -0.4 is 14.8 Å². The molecule has 3 aromatic rings. The number of ether oxygens (including phenoxy) is 2. The predicted molar refractivity (Wildman–Crippen MR) is 141 cm³/mol. The van der Waals surface area contributed by atoms with Gasteiger partial charge in [0.25, 0.3) is 5.91 Å². The van der Waals surface area contributed by atoms with Crippen LogP contribution in [0.3, 0.4) is 0 Å². The molecule has 1 amide bonds. The monoisotopic (exact) mass is 499 g/mol. The first-order valence-electron chi connectivity index (χ1n) is 11.6. The second kappa shape index (κ2) is 10.9. The molecular weight excluding hydrogens is 466 g/mol. The van der Waals surface area contributed by atoms with Crippen LogP contribution in [0, 0.1) is 13.8 Å². The van der Waals surface area contributed by atoms with Crippen LogP contribution in [-0.4, -0.2) is 62.7 Å². The number of anilines is 1. The molecular formula is C26H33N3O3S2. The van der Waals surface area contributed by atoms with Crippen molar-refractivity contribution in [1.29, 1.82) is 0 Å². The number of piperazine rings is 1. The zero-order chi connectivity index (χ0) is 24.2. The van der Waals surface area contributed by atoms with Crippen molar-refractivity contribution in [2.75, 3.05) is 52.3 Å². The molecule has 0 bridgehead atoms. The first-order valence-corrected chi connectivity index (χ1v) is 13.3. The maximum atomic E-state index is 13.0. The number of carbonyl (C=O) groups excluding carboxylic acids is 1. The van der Waals surface area contributed by atoms with E-state index in [1.54, 1.807) is 25.6 Å². The maximum Gasteiger partial charge on any atom is 0.266 e. The van der Waals surface area contributed by atoms with E-state index in [1.165, 1.54) is 21.8 Å². The Hall–Kier alpha value is -2.39. The molecule has 0 aliphatic carbocycles. The molecule has 1 unspecified atom stereocenters. The lowest BCUT2D eigenvalue weighted by Gasteiger charge is -2.40. The number of benzene rings is 1. The summed E-state index contributed by atoms with van der Waals surface area (Å²) < 4.78 is 11.5. The number of nitrogens with one attached hydrogen (secondary N) is 1. The van der Waals surface area contributed by atoms with Crippen LogP contribution in [0.25, 0.3) is 0 Å². The fraction of sp³-hybridized carbons (Fsp3) is 0.423. The zero-order valence-electron chi connectivity index (χ0n) is 20.5. The van der Waals surface area contributed by atoms with Gasteiger partial charge in [0, 0.05) is 42.2 Å². The normalized spacial score (nSPS) is 15.8. The van der Waals surface area contributed by atoms with E-state index in [0.29, 0.717) is 10.6 Å². The Bertz CT molecular complexity index is 1120. The number of thiophene rings is 2. The molecule has 1 fully saturated rings. The maximum absolute atomic E-state index is 13.0. The summed E-state index contributed by atoms with van der Waals surface area (Å²) in [5, 5.41) is 6.06. The third kappa shape index (κ3) is 4.86. The van der Waals surface area contributed by atoms with Gasteiger partial charge in [-0.2, -0.15) is 0 Å². The molecule has 2 aromatic heterocycles. The number of aryl methyl sites for hydroxylation is 1. The molecule has 8 heteroatoms. The number of para-hydroxylation sites is 1. The molecule has 1 aliphatic rings. The first-order chi connectivity index (χ1) is 16.5. The highest BCUT2D eigenvalue weighted by Crippen LogP contribution is 2.47. The standard InChI is InChI=1S/C26H33N3O3S2/c1-6-28-12-14-29(15-13-28)23(19-9-7-10-20(31-4)24(19)32-5)22-17(2)18(3)34-26(22)27-25(30)21-11-8-16-33-21/h7-11,16,23H,6,12-15H2,1-5H3,(H,27,30). The molecule has 1 aromatic carbocycles. The fourth-order valence-electron chi connectivity index (χ4n) is 4.64. The van der Waals surface area contributed by atoms with Crippen LogP contribution in [0.15, 0.2) is 35.7 Å². The SMILES string of the molecule is CCN1CCN(C(c2cccc(OC)c2OC)c2c(NC(=O)c3cccs3)sc(C)c2C)CC1.